The number of anilines is 2. The molecule has 8 heteroatoms. The molecule has 0 amide bonds. The third kappa shape index (κ3) is 4.84. The Hall–Kier alpha value is -2.68. The van der Waals surface area contributed by atoms with Gasteiger partial charge in [-0.25, -0.2) is 4.98 Å². The zero-order valence-corrected chi connectivity index (χ0v) is 17.8. The number of aliphatic hydroxyl groups excluding tert-OH is 1. The van der Waals surface area contributed by atoms with Gasteiger partial charge >= 0.3 is 0 Å². The van der Waals surface area contributed by atoms with Gasteiger partial charge < -0.3 is 19.5 Å². The molecule has 152 valence electrons. The molecular formula is C21H25N5O2S. The molecule has 3 rings (SSSR count). The van der Waals surface area contributed by atoms with Crippen molar-refractivity contribution in [2.45, 2.75) is 4.90 Å². The molecule has 1 unspecified atom stereocenters. The summed E-state index contributed by atoms with van der Waals surface area (Å²) in [7, 11) is 5.80. The topological polar surface area (TPSA) is 88.4 Å². The maximum Gasteiger partial charge on any atom is 0.245 e. The molecule has 0 radical (unpaired) electrons. The fourth-order valence-electron chi connectivity index (χ4n) is 2.85. The number of rotatable bonds is 7. The van der Waals surface area contributed by atoms with Crippen molar-refractivity contribution in [1.29, 1.82) is 0 Å². The summed E-state index contributed by atoms with van der Waals surface area (Å²) in [4.78, 5) is 9.27. The summed E-state index contributed by atoms with van der Waals surface area (Å²) < 4.78 is 11.7. The summed E-state index contributed by atoms with van der Waals surface area (Å²) in [5, 5.41) is 17.9. The summed E-state index contributed by atoms with van der Waals surface area (Å²) in [6.07, 6.45) is 1.65. The molecule has 1 atom stereocenters. The lowest BCUT2D eigenvalue weighted by molar-refractivity contribution is 0.303. The summed E-state index contributed by atoms with van der Waals surface area (Å²) in [6.45, 7) is 0.408. The van der Waals surface area contributed by atoms with E-state index in [4.69, 9.17) is 4.98 Å². The molecule has 2 aromatic carbocycles. The largest absolute Gasteiger partial charge is 0.612 e. The third-order valence-electron chi connectivity index (χ3n) is 4.57. The number of aromatic nitrogens is 3. The van der Waals surface area contributed by atoms with E-state index >= 15 is 0 Å². The van der Waals surface area contributed by atoms with Crippen molar-refractivity contribution in [3.05, 3.63) is 48.5 Å². The lowest BCUT2D eigenvalue weighted by Gasteiger charge is -2.17. The van der Waals surface area contributed by atoms with E-state index in [0.717, 1.165) is 21.7 Å². The number of likely N-dealkylation sites (N-methyl/N-ethyl adjacent to an activating group) is 1. The molecule has 0 saturated carbocycles. The SMILES string of the molecule is CN(C)c1ccc(-c2nnc(N(C)CCO)nc2-c2ccc([S+](C)[O-])cc2)cc1. The quantitative estimate of drug-likeness (QED) is 0.597. The van der Waals surface area contributed by atoms with Gasteiger partial charge in [-0.2, -0.15) is 0 Å². The van der Waals surface area contributed by atoms with Crippen LogP contribution in [0, 0.1) is 0 Å². The van der Waals surface area contributed by atoms with E-state index < -0.39 is 11.2 Å². The van der Waals surface area contributed by atoms with Crippen LogP contribution in [0.15, 0.2) is 53.4 Å². The first kappa shape index (κ1) is 21.0. The van der Waals surface area contributed by atoms with Gasteiger partial charge in [0, 0.05) is 44.5 Å². The number of benzene rings is 2. The minimum Gasteiger partial charge on any atom is -0.612 e. The van der Waals surface area contributed by atoms with E-state index in [-0.39, 0.29) is 6.61 Å². The smallest absolute Gasteiger partial charge is 0.245 e. The van der Waals surface area contributed by atoms with Crippen LogP contribution in [0.3, 0.4) is 0 Å². The first-order chi connectivity index (χ1) is 13.9. The Kier molecular flexibility index (Phi) is 6.68. The number of aliphatic hydroxyl groups is 1. The van der Waals surface area contributed by atoms with Crippen LogP contribution in [-0.4, -0.2) is 65.4 Å². The molecule has 0 aliphatic carbocycles. The van der Waals surface area contributed by atoms with Gasteiger partial charge in [-0.15, -0.1) is 10.2 Å². The molecule has 3 aromatic rings. The van der Waals surface area contributed by atoms with E-state index in [9.17, 15) is 9.66 Å². The average Bonchev–Trinajstić information content (AvgIpc) is 2.73. The van der Waals surface area contributed by atoms with Crippen LogP contribution in [0.2, 0.25) is 0 Å². The molecule has 1 heterocycles. The monoisotopic (exact) mass is 411 g/mol. The van der Waals surface area contributed by atoms with Gasteiger partial charge in [0.2, 0.25) is 5.95 Å². The van der Waals surface area contributed by atoms with Crippen LogP contribution >= 0.6 is 0 Å². The molecule has 0 spiro atoms. The van der Waals surface area contributed by atoms with E-state index in [2.05, 4.69) is 10.2 Å². The van der Waals surface area contributed by atoms with Gasteiger partial charge in [-0.1, -0.05) is 12.1 Å². The summed E-state index contributed by atoms with van der Waals surface area (Å²) in [6, 6.07) is 15.5. The Morgan fingerprint density at radius 1 is 0.897 bits per heavy atom. The molecule has 1 N–H and O–H groups in total. The van der Waals surface area contributed by atoms with Gasteiger partial charge in [0.15, 0.2) is 4.90 Å². The maximum atomic E-state index is 11.7. The average molecular weight is 412 g/mol. The second-order valence-electron chi connectivity index (χ2n) is 6.87. The van der Waals surface area contributed by atoms with Crippen LogP contribution < -0.4 is 9.80 Å². The first-order valence-corrected chi connectivity index (χ1v) is 10.7. The Morgan fingerprint density at radius 2 is 1.48 bits per heavy atom. The minimum atomic E-state index is -1.05. The van der Waals surface area contributed by atoms with E-state index in [1.165, 1.54) is 0 Å². The molecule has 0 fully saturated rings. The van der Waals surface area contributed by atoms with Crippen LogP contribution in [0.4, 0.5) is 11.6 Å². The lowest BCUT2D eigenvalue weighted by Crippen LogP contribution is -2.24. The van der Waals surface area contributed by atoms with Gasteiger partial charge in [-0.05, 0) is 47.6 Å². The highest BCUT2D eigenvalue weighted by molar-refractivity contribution is 7.90. The van der Waals surface area contributed by atoms with Crippen molar-refractivity contribution >= 4 is 22.8 Å². The second-order valence-corrected chi connectivity index (χ2v) is 8.25. The van der Waals surface area contributed by atoms with Crippen molar-refractivity contribution < 1.29 is 9.66 Å². The molecule has 0 saturated heterocycles. The fourth-order valence-corrected chi connectivity index (χ4v) is 3.37. The standard InChI is InChI=1S/C21H25N5O2S/c1-25(2)17-9-5-16(6-10-17)20-19(15-7-11-18(12-8-15)29(4)28)22-21(24-23-20)26(3)13-14-27/h5-12,27H,13-14H2,1-4H3. The Bertz CT molecular complexity index is 946. The van der Waals surface area contributed by atoms with Crippen molar-refractivity contribution in [3.8, 4) is 22.5 Å². The normalized spacial score (nSPS) is 11.9. The fraction of sp³-hybridized carbons (Fsp3) is 0.286. The predicted octanol–water partition coefficient (Wildman–Crippen LogP) is 2.44. The van der Waals surface area contributed by atoms with E-state index in [1.807, 2.05) is 74.6 Å². The Morgan fingerprint density at radius 3 is 2.03 bits per heavy atom. The van der Waals surface area contributed by atoms with Crippen molar-refractivity contribution in [1.82, 2.24) is 15.2 Å². The number of hydrogen-bond acceptors (Lipinski definition) is 7. The van der Waals surface area contributed by atoms with Gasteiger partial charge in [0.1, 0.15) is 17.6 Å². The first-order valence-electron chi connectivity index (χ1n) is 9.19. The predicted molar refractivity (Wildman–Crippen MR) is 118 cm³/mol. The maximum absolute atomic E-state index is 11.7. The molecule has 0 bridgehead atoms. The number of hydrogen-bond donors (Lipinski definition) is 1. The van der Waals surface area contributed by atoms with Gasteiger partial charge in [0.05, 0.1) is 6.61 Å². The molecular weight excluding hydrogens is 386 g/mol. The highest BCUT2D eigenvalue weighted by atomic mass is 32.2. The number of nitrogens with zero attached hydrogens (tertiary/aromatic N) is 5. The van der Waals surface area contributed by atoms with Crippen molar-refractivity contribution in [3.63, 3.8) is 0 Å². The second kappa shape index (κ2) is 9.21. The minimum absolute atomic E-state index is 0.0000462. The molecule has 29 heavy (non-hydrogen) atoms. The van der Waals surface area contributed by atoms with Crippen molar-refractivity contribution in [2.75, 3.05) is 50.4 Å². The lowest BCUT2D eigenvalue weighted by atomic mass is 10.0. The van der Waals surface area contributed by atoms with Gasteiger partial charge in [-0.3, -0.25) is 0 Å². The van der Waals surface area contributed by atoms with Crippen LogP contribution in [0.5, 0.6) is 0 Å². The summed E-state index contributed by atoms with van der Waals surface area (Å²) in [5.74, 6) is 0.436. The molecule has 7 nitrogen and oxygen atoms in total. The van der Waals surface area contributed by atoms with E-state index in [0.29, 0.717) is 23.9 Å². The van der Waals surface area contributed by atoms with Crippen LogP contribution in [-0.2, 0) is 11.2 Å². The highest BCUT2D eigenvalue weighted by Gasteiger charge is 2.16. The summed E-state index contributed by atoms with van der Waals surface area (Å²) in [5.41, 5.74) is 4.21. The molecule has 0 aliphatic rings. The van der Waals surface area contributed by atoms with Crippen LogP contribution in [0.25, 0.3) is 22.5 Å². The molecule has 1 aromatic heterocycles. The van der Waals surface area contributed by atoms with Gasteiger partial charge in [0.25, 0.3) is 0 Å². The zero-order valence-electron chi connectivity index (χ0n) is 17.0. The zero-order chi connectivity index (χ0) is 21.0. The van der Waals surface area contributed by atoms with E-state index in [1.54, 1.807) is 11.2 Å². The molecule has 0 aliphatic heterocycles. The Balaban J connectivity index is 2.09. The summed E-state index contributed by atoms with van der Waals surface area (Å²) >= 11 is -1.05. The Labute approximate surface area is 174 Å². The van der Waals surface area contributed by atoms with Crippen LogP contribution in [0.1, 0.15) is 0 Å². The highest BCUT2D eigenvalue weighted by Crippen LogP contribution is 2.31. The third-order valence-corrected chi connectivity index (χ3v) is 5.51. The van der Waals surface area contributed by atoms with Crippen molar-refractivity contribution in [2.24, 2.45) is 0 Å².